The van der Waals surface area contributed by atoms with Crippen LogP contribution in [-0.2, 0) is 16.3 Å². The number of hydrogen-bond donors (Lipinski definition) is 2. The Hall–Kier alpha value is -2.41. The van der Waals surface area contributed by atoms with Gasteiger partial charge in [0.2, 0.25) is 0 Å². The van der Waals surface area contributed by atoms with Gasteiger partial charge in [0.05, 0.1) is 16.0 Å². The molecule has 1 aromatic carbocycles. The third kappa shape index (κ3) is 2.36. The van der Waals surface area contributed by atoms with Crippen molar-refractivity contribution >= 4 is 26.7 Å². The molecule has 0 fully saturated rings. The largest absolute Gasteiger partial charge is 0.369 e. The minimum absolute atomic E-state index is 0.0692. The second kappa shape index (κ2) is 5.59. The number of aromatic nitrogens is 3. The van der Waals surface area contributed by atoms with Gasteiger partial charge in [-0.2, -0.15) is 0 Å². The van der Waals surface area contributed by atoms with Crippen LogP contribution in [0.15, 0.2) is 41.7 Å². The summed E-state index contributed by atoms with van der Waals surface area (Å²) in [7, 11) is -3.18. The van der Waals surface area contributed by atoms with Gasteiger partial charge in [-0.3, -0.25) is 0 Å². The molecular weight excluding hydrogens is 324 g/mol. The summed E-state index contributed by atoms with van der Waals surface area (Å²) in [6, 6.07) is 7.24. The second-order valence-corrected chi connectivity index (χ2v) is 8.01. The Balaban J connectivity index is 1.64. The van der Waals surface area contributed by atoms with Crippen LogP contribution in [0.5, 0.6) is 0 Å². The zero-order valence-electron chi connectivity index (χ0n) is 13.3. The molecule has 1 unspecified atom stereocenters. The summed E-state index contributed by atoms with van der Waals surface area (Å²) in [5.41, 5.74) is 2.83. The van der Waals surface area contributed by atoms with Crippen molar-refractivity contribution in [1.82, 2.24) is 15.0 Å². The van der Waals surface area contributed by atoms with E-state index in [0.717, 1.165) is 34.4 Å². The van der Waals surface area contributed by atoms with Crippen molar-refractivity contribution in [1.29, 1.82) is 0 Å². The van der Waals surface area contributed by atoms with Crippen molar-refractivity contribution in [3.8, 4) is 0 Å². The SMILES string of the molecule is CCc1c[nH]c2ncnc(NCC3CS(=O)(=O)c4ccccc43)c12. The molecule has 1 aliphatic heterocycles. The van der Waals surface area contributed by atoms with Crippen LogP contribution in [0.1, 0.15) is 24.0 Å². The van der Waals surface area contributed by atoms with Gasteiger partial charge >= 0.3 is 0 Å². The number of nitrogens with zero attached hydrogens (tertiary/aromatic N) is 2. The lowest BCUT2D eigenvalue weighted by Gasteiger charge is -2.13. The van der Waals surface area contributed by atoms with Crippen molar-refractivity contribution in [3.05, 3.63) is 47.9 Å². The normalized spacial score (nSPS) is 18.6. The number of fused-ring (bicyclic) bond motifs is 2. The third-order valence-corrected chi connectivity index (χ3v) is 6.45. The first kappa shape index (κ1) is 15.1. The van der Waals surface area contributed by atoms with Gasteiger partial charge < -0.3 is 10.3 Å². The first-order valence-electron chi connectivity index (χ1n) is 7.96. The van der Waals surface area contributed by atoms with Gasteiger partial charge in [0.25, 0.3) is 0 Å². The average molecular weight is 342 g/mol. The second-order valence-electron chi connectivity index (χ2n) is 6.01. The molecule has 0 aliphatic carbocycles. The predicted molar refractivity (Wildman–Crippen MR) is 93.0 cm³/mol. The highest BCUT2D eigenvalue weighted by Crippen LogP contribution is 2.35. The summed E-state index contributed by atoms with van der Waals surface area (Å²) in [6.45, 7) is 2.61. The lowest BCUT2D eigenvalue weighted by atomic mass is 10.0. The summed E-state index contributed by atoms with van der Waals surface area (Å²) in [4.78, 5) is 12.2. The maximum Gasteiger partial charge on any atom is 0.179 e. The van der Waals surface area contributed by atoms with Crippen LogP contribution in [0.2, 0.25) is 0 Å². The maximum absolute atomic E-state index is 12.3. The van der Waals surface area contributed by atoms with E-state index in [0.29, 0.717) is 11.4 Å². The first-order valence-corrected chi connectivity index (χ1v) is 9.62. The van der Waals surface area contributed by atoms with E-state index in [2.05, 4.69) is 27.2 Å². The molecule has 0 saturated carbocycles. The van der Waals surface area contributed by atoms with E-state index < -0.39 is 9.84 Å². The minimum atomic E-state index is -3.18. The number of aromatic amines is 1. The number of hydrogen-bond acceptors (Lipinski definition) is 5. The summed E-state index contributed by atoms with van der Waals surface area (Å²) < 4.78 is 24.6. The number of rotatable bonds is 4. The highest BCUT2D eigenvalue weighted by atomic mass is 32.2. The van der Waals surface area contributed by atoms with Crippen LogP contribution in [0.3, 0.4) is 0 Å². The number of H-pyrrole nitrogens is 1. The van der Waals surface area contributed by atoms with Crippen molar-refractivity contribution in [2.45, 2.75) is 24.2 Å². The van der Waals surface area contributed by atoms with Crippen LogP contribution in [0.4, 0.5) is 5.82 Å². The van der Waals surface area contributed by atoms with E-state index in [9.17, 15) is 8.42 Å². The van der Waals surface area contributed by atoms with E-state index in [-0.39, 0.29) is 11.7 Å². The fourth-order valence-corrected chi connectivity index (χ4v) is 5.26. The molecule has 0 amide bonds. The van der Waals surface area contributed by atoms with Crippen molar-refractivity contribution in [2.75, 3.05) is 17.6 Å². The zero-order chi connectivity index (χ0) is 16.7. The molecule has 24 heavy (non-hydrogen) atoms. The quantitative estimate of drug-likeness (QED) is 0.760. The topological polar surface area (TPSA) is 87.7 Å². The van der Waals surface area contributed by atoms with Crippen molar-refractivity contribution < 1.29 is 8.42 Å². The highest BCUT2D eigenvalue weighted by Gasteiger charge is 2.34. The molecule has 1 aliphatic rings. The standard InChI is InChI=1S/C17H18N4O2S/c1-2-11-7-18-16-15(11)17(21-10-20-16)19-8-12-9-24(22,23)14-6-4-3-5-13(12)14/h3-7,10,12H,2,8-9H2,1H3,(H2,18,19,20,21). The van der Waals surface area contributed by atoms with Gasteiger partial charge in [0, 0.05) is 18.7 Å². The Morgan fingerprint density at radius 1 is 1.29 bits per heavy atom. The van der Waals surface area contributed by atoms with E-state index in [4.69, 9.17) is 0 Å². The lowest BCUT2D eigenvalue weighted by Crippen LogP contribution is -2.15. The molecule has 0 spiro atoms. The Morgan fingerprint density at radius 3 is 2.96 bits per heavy atom. The number of aryl methyl sites for hydroxylation is 1. The summed E-state index contributed by atoms with van der Waals surface area (Å²) >= 11 is 0. The molecule has 0 radical (unpaired) electrons. The fourth-order valence-electron chi connectivity index (χ4n) is 3.37. The van der Waals surface area contributed by atoms with E-state index >= 15 is 0 Å². The van der Waals surface area contributed by atoms with Gasteiger partial charge in [0.1, 0.15) is 17.8 Å². The molecule has 6 nitrogen and oxygen atoms in total. The van der Waals surface area contributed by atoms with Crippen molar-refractivity contribution in [2.24, 2.45) is 0 Å². The molecule has 2 aromatic heterocycles. The smallest absolute Gasteiger partial charge is 0.179 e. The highest BCUT2D eigenvalue weighted by molar-refractivity contribution is 7.91. The molecule has 2 N–H and O–H groups in total. The molecule has 0 bridgehead atoms. The molecule has 124 valence electrons. The maximum atomic E-state index is 12.3. The van der Waals surface area contributed by atoms with E-state index in [1.54, 1.807) is 12.1 Å². The van der Waals surface area contributed by atoms with Gasteiger partial charge in [-0.05, 0) is 23.6 Å². The molecule has 7 heteroatoms. The molecular formula is C17H18N4O2S. The lowest BCUT2D eigenvalue weighted by molar-refractivity contribution is 0.598. The molecule has 1 atom stereocenters. The van der Waals surface area contributed by atoms with Crippen LogP contribution in [-0.4, -0.2) is 35.7 Å². The number of anilines is 1. The third-order valence-electron chi connectivity index (χ3n) is 4.56. The number of sulfone groups is 1. The van der Waals surface area contributed by atoms with Gasteiger partial charge in [-0.25, -0.2) is 18.4 Å². The van der Waals surface area contributed by atoms with E-state index in [1.165, 1.54) is 6.33 Å². The van der Waals surface area contributed by atoms with Crippen molar-refractivity contribution in [3.63, 3.8) is 0 Å². The van der Waals surface area contributed by atoms with Gasteiger partial charge in [0.15, 0.2) is 9.84 Å². The van der Waals surface area contributed by atoms with Gasteiger partial charge in [-0.15, -0.1) is 0 Å². The molecule has 0 saturated heterocycles. The Labute approximate surface area is 140 Å². The minimum Gasteiger partial charge on any atom is -0.369 e. The van der Waals surface area contributed by atoms with E-state index in [1.807, 2.05) is 18.3 Å². The van der Waals surface area contributed by atoms with Gasteiger partial charge in [-0.1, -0.05) is 25.1 Å². The molecule has 3 aromatic rings. The fraction of sp³-hybridized carbons (Fsp3) is 0.294. The first-order chi connectivity index (χ1) is 11.6. The Morgan fingerprint density at radius 2 is 2.12 bits per heavy atom. The zero-order valence-corrected chi connectivity index (χ0v) is 14.1. The van der Waals surface area contributed by atoms with Crippen LogP contribution in [0, 0.1) is 0 Å². The number of nitrogens with one attached hydrogen (secondary N) is 2. The molecule has 3 heterocycles. The predicted octanol–water partition coefficient (Wildman–Crippen LogP) is 2.50. The Bertz CT molecular complexity index is 1010. The Kier molecular flexibility index (Phi) is 3.53. The summed E-state index contributed by atoms with van der Waals surface area (Å²) in [5.74, 6) is 0.821. The van der Waals surface area contributed by atoms with Crippen LogP contribution >= 0.6 is 0 Å². The summed E-state index contributed by atoms with van der Waals surface area (Å²) in [6.07, 6.45) is 4.34. The van der Waals surface area contributed by atoms with Crippen LogP contribution < -0.4 is 5.32 Å². The summed E-state index contributed by atoms with van der Waals surface area (Å²) in [5, 5.41) is 4.31. The average Bonchev–Trinajstić information content (AvgIpc) is 3.12. The monoisotopic (exact) mass is 342 g/mol. The number of benzene rings is 1. The molecule has 4 rings (SSSR count). The van der Waals surface area contributed by atoms with Crippen LogP contribution in [0.25, 0.3) is 11.0 Å².